The summed E-state index contributed by atoms with van der Waals surface area (Å²) < 4.78 is 3.04. The molecule has 0 bridgehead atoms. The summed E-state index contributed by atoms with van der Waals surface area (Å²) in [6, 6.07) is 5.56. The summed E-state index contributed by atoms with van der Waals surface area (Å²) in [4.78, 5) is 22.7. The Labute approximate surface area is 109 Å². The number of nitrogens with two attached hydrogens (primary N) is 1. The van der Waals surface area contributed by atoms with Crippen molar-refractivity contribution in [3.8, 4) is 5.69 Å². The van der Waals surface area contributed by atoms with Gasteiger partial charge in [0.25, 0.3) is 0 Å². The lowest BCUT2D eigenvalue weighted by Gasteiger charge is -2.09. The maximum absolute atomic E-state index is 11.9. The molecule has 0 amide bonds. The van der Waals surface area contributed by atoms with Gasteiger partial charge in [0.05, 0.1) is 5.69 Å². The smallest absolute Gasteiger partial charge is 0.332 e. The SMILES string of the molecule is Cc1cn(C)c(=O)n1-c1ccc(C(N)C(=O)O)cc1. The molecule has 0 saturated heterocycles. The van der Waals surface area contributed by atoms with Crippen molar-refractivity contribution >= 4 is 5.97 Å². The summed E-state index contributed by atoms with van der Waals surface area (Å²) in [5.74, 6) is -1.08. The van der Waals surface area contributed by atoms with Crippen molar-refractivity contribution in [3.05, 3.63) is 52.2 Å². The van der Waals surface area contributed by atoms with Gasteiger partial charge in [-0.05, 0) is 24.6 Å². The van der Waals surface area contributed by atoms with E-state index in [1.807, 2.05) is 6.92 Å². The second-order valence-corrected chi connectivity index (χ2v) is 4.41. The third-order valence-electron chi connectivity index (χ3n) is 3.00. The first-order valence-corrected chi connectivity index (χ1v) is 5.75. The third-order valence-corrected chi connectivity index (χ3v) is 3.00. The number of carbonyl (C=O) groups is 1. The third kappa shape index (κ3) is 2.30. The molecular weight excluding hydrogens is 246 g/mol. The molecule has 0 aliphatic rings. The van der Waals surface area contributed by atoms with Crippen molar-refractivity contribution in [2.24, 2.45) is 12.8 Å². The number of hydrogen-bond donors (Lipinski definition) is 2. The van der Waals surface area contributed by atoms with Crippen LogP contribution in [0.2, 0.25) is 0 Å². The molecule has 2 rings (SSSR count). The van der Waals surface area contributed by atoms with Crippen molar-refractivity contribution < 1.29 is 9.90 Å². The molecule has 1 aromatic heterocycles. The standard InChI is InChI=1S/C13H15N3O3/c1-8-7-15(2)13(19)16(8)10-5-3-9(4-6-10)11(14)12(17)18/h3-7,11H,14H2,1-2H3,(H,17,18). The first kappa shape index (κ1) is 13.1. The number of carboxylic acid groups (broad SMARTS) is 1. The van der Waals surface area contributed by atoms with Crippen LogP contribution >= 0.6 is 0 Å². The summed E-state index contributed by atoms with van der Waals surface area (Å²) in [5.41, 5.74) is 7.36. The maximum Gasteiger partial charge on any atom is 0.332 e. The highest BCUT2D eigenvalue weighted by Gasteiger charge is 2.14. The van der Waals surface area contributed by atoms with Crippen LogP contribution in [0.3, 0.4) is 0 Å². The number of rotatable bonds is 3. The molecule has 2 aromatic rings. The van der Waals surface area contributed by atoms with Gasteiger partial charge in [-0.15, -0.1) is 0 Å². The lowest BCUT2D eigenvalue weighted by molar-refractivity contribution is -0.138. The molecule has 3 N–H and O–H groups in total. The van der Waals surface area contributed by atoms with E-state index in [-0.39, 0.29) is 5.69 Å². The average Bonchev–Trinajstić information content (AvgIpc) is 2.62. The molecule has 0 aliphatic carbocycles. The van der Waals surface area contributed by atoms with E-state index in [4.69, 9.17) is 10.8 Å². The van der Waals surface area contributed by atoms with Crippen molar-refractivity contribution in [1.29, 1.82) is 0 Å². The monoisotopic (exact) mass is 261 g/mol. The van der Waals surface area contributed by atoms with Crippen molar-refractivity contribution in [1.82, 2.24) is 9.13 Å². The molecule has 1 aromatic carbocycles. The first-order chi connectivity index (χ1) is 8.91. The summed E-state index contributed by atoms with van der Waals surface area (Å²) >= 11 is 0. The van der Waals surface area contributed by atoms with Gasteiger partial charge in [-0.1, -0.05) is 12.1 Å². The molecule has 1 atom stereocenters. The van der Waals surface area contributed by atoms with Crippen LogP contribution in [0.25, 0.3) is 5.69 Å². The quantitative estimate of drug-likeness (QED) is 0.845. The Bertz CT molecular complexity index is 667. The van der Waals surface area contributed by atoms with Crippen LogP contribution in [0.15, 0.2) is 35.3 Å². The molecule has 19 heavy (non-hydrogen) atoms. The van der Waals surface area contributed by atoms with Gasteiger partial charge in [0.1, 0.15) is 6.04 Å². The average molecular weight is 261 g/mol. The van der Waals surface area contributed by atoms with Gasteiger partial charge >= 0.3 is 11.7 Å². The Morgan fingerprint density at radius 3 is 2.32 bits per heavy atom. The number of carboxylic acids is 1. The van der Waals surface area contributed by atoms with Crippen LogP contribution in [0.5, 0.6) is 0 Å². The van der Waals surface area contributed by atoms with Gasteiger partial charge in [0.15, 0.2) is 0 Å². The highest BCUT2D eigenvalue weighted by atomic mass is 16.4. The minimum Gasteiger partial charge on any atom is -0.480 e. The molecule has 0 fully saturated rings. The fourth-order valence-corrected chi connectivity index (χ4v) is 1.99. The van der Waals surface area contributed by atoms with Gasteiger partial charge in [0, 0.05) is 18.9 Å². The molecule has 0 radical (unpaired) electrons. The summed E-state index contributed by atoms with van der Waals surface area (Å²) in [7, 11) is 1.68. The maximum atomic E-state index is 11.9. The van der Waals surface area contributed by atoms with E-state index in [9.17, 15) is 9.59 Å². The molecule has 1 unspecified atom stereocenters. The van der Waals surface area contributed by atoms with E-state index in [2.05, 4.69) is 0 Å². The molecular formula is C13H15N3O3. The van der Waals surface area contributed by atoms with E-state index in [0.717, 1.165) is 5.69 Å². The van der Waals surface area contributed by atoms with E-state index in [0.29, 0.717) is 11.3 Å². The zero-order chi connectivity index (χ0) is 14.2. The number of aromatic nitrogens is 2. The van der Waals surface area contributed by atoms with E-state index in [1.165, 1.54) is 4.57 Å². The van der Waals surface area contributed by atoms with Crippen LogP contribution in [-0.2, 0) is 11.8 Å². The van der Waals surface area contributed by atoms with Crippen LogP contribution in [0.4, 0.5) is 0 Å². The number of hydrogen-bond acceptors (Lipinski definition) is 3. The lowest BCUT2D eigenvalue weighted by Crippen LogP contribution is -2.22. The zero-order valence-corrected chi connectivity index (χ0v) is 10.7. The highest BCUT2D eigenvalue weighted by Crippen LogP contribution is 2.15. The first-order valence-electron chi connectivity index (χ1n) is 5.75. The van der Waals surface area contributed by atoms with Crippen LogP contribution in [0, 0.1) is 6.92 Å². The Hall–Kier alpha value is -2.34. The van der Waals surface area contributed by atoms with Gasteiger partial charge in [-0.25, -0.2) is 4.79 Å². The molecule has 6 nitrogen and oxygen atoms in total. The summed E-state index contributed by atoms with van der Waals surface area (Å²) in [5, 5.41) is 8.83. The molecule has 0 aliphatic heterocycles. The minimum absolute atomic E-state index is 0.146. The number of nitrogens with zero attached hydrogens (tertiary/aromatic N) is 2. The molecule has 1 heterocycles. The van der Waals surface area contributed by atoms with Crippen molar-refractivity contribution in [2.75, 3.05) is 0 Å². The van der Waals surface area contributed by atoms with Gasteiger partial charge in [0.2, 0.25) is 0 Å². The predicted molar refractivity (Wildman–Crippen MR) is 70.3 cm³/mol. The van der Waals surface area contributed by atoms with Gasteiger partial charge in [-0.2, -0.15) is 0 Å². The fraction of sp³-hybridized carbons (Fsp3) is 0.231. The summed E-state index contributed by atoms with van der Waals surface area (Å²) in [6.07, 6.45) is 1.74. The lowest BCUT2D eigenvalue weighted by atomic mass is 10.1. The fourth-order valence-electron chi connectivity index (χ4n) is 1.99. The topological polar surface area (TPSA) is 90.3 Å². The Kier molecular flexibility index (Phi) is 3.26. The summed E-state index contributed by atoms with van der Waals surface area (Å²) in [6.45, 7) is 1.83. The zero-order valence-electron chi connectivity index (χ0n) is 10.7. The molecule has 0 spiro atoms. The van der Waals surface area contributed by atoms with E-state index < -0.39 is 12.0 Å². The number of aryl methyl sites for hydroxylation is 2. The second kappa shape index (κ2) is 4.74. The van der Waals surface area contributed by atoms with Gasteiger partial charge < -0.3 is 15.4 Å². The van der Waals surface area contributed by atoms with Gasteiger partial charge in [-0.3, -0.25) is 9.36 Å². The molecule has 100 valence electrons. The van der Waals surface area contributed by atoms with E-state index >= 15 is 0 Å². The Morgan fingerprint density at radius 2 is 1.89 bits per heavy atom. The van der Waals surface area contributed by atoms with Crippen LogP contribution < -0.4 is 11.4 Å². The normalized spacial score (nSPS) is 12.4. The number of benzene rings is 1. The van der Waals surface area contributed by atoms with Crippen LogP contribution in [-0.4, -0.2) is 20.2 Å². The number of aliphatic carboxylic acids is 1. The minimum atomic E-state index is -1.08. The van der Waals surface area contributed by atoms with Crippen LogP contribution in [0.1, 0.15) is 17.3 Å². The number of imidazole rings is 1. The van der Waals surface area contributed by atoms with E-state index in [1.54, 1.807) is 42.1 Å². The van der Waals surface area contributed by atoms with Crippen molar-refractivity contribution in [3.63, 3.8) is 0 Å². The Balaban J connectivity index is 2.43. The molecule has 6 heteroatoms. The Morgan fingerprint density at radius 1 is 1.32 bits per heavy atom. The highest BCUT2D eigenvalue weighted by molar-refractivity contribution is 5.75. The molecule has 0 saturated carbocycles. The van der Waals surface area contributed by atoms with Crippen molar-refractivity contribution in [2.45, 2.75) is 13.0 Å². The second-order valence-electron chi connectivity index (χ2n) is 4.41. The largest absolute Gasteiger partial charge is 0.480 e. The predicted octanol–water partition coefficient (Wildman–Crippen LogP) is 0.569.